The van der Waals surface area contributed by atoms with Crippen molar-refractivity contribution >= 4 is 11.8 Å². The van der Waals surface area contributed by atoms with E-state index in [0.717, 1.165) is 25.7 Å². The van der Waals surface area contributed by atoms with Gasteiger partial charge in [-0.2, -0.15) is 13.2 Å². The highest BCUT2D eigenvalue weighted by atomic mass is 19.4. The summed E-state index contributed by atoms with van der Waals surface area (Å²) in [6.45, 7) is 0.859. The summed E-state index contributed by atoms with van der Waals surface area (Å²) in [6.07, 6.45) is 1.07. The largest absolute Gasteiger partial charge is 0.391 e. The Morgan fingerprint density at radius 1 is 1.22 bits per heavy atom. The standard InChI is InChI=1S/C19H27F3N2O3/c20-19(21,22)13-5-6-15(16(9-13)27-11-12-3-1-2-4-12)18(26)24-14-7-8-23-17(25)10-14/h10,12-13,15-16H,1-9,11H2,(H,23,25)(H,24,26). The molecule has 3 rings (SSSR count). The molecular formula is C19H27F3N2O3. The monoisotopic (exact) mass is 388 g/mol. The molecule has 0 aromatic carbocycles. The number of rotatable bonds is 5. The second-order valence-electron chi connectivity index (χ2n) is 7.88. The minimum Gasteiger partial charge on any atom is -0.377 e. The minimum atomic E-state index is -4.26. The summed E-state index contributed by atoms with van der Waals surface area (Å²) in [5.41, 5.74) is 0.510. The van der Waals surface area contributed by atoms with Crippen LogP contribution in [-0.4, -0.2) is 37.2 Å². The van der Waals surface area contributed by atoms with Crippen LogP contribution in [0.2, 0.25) is 0 Å². The molecule has 2 saturated carbocycles. The second-order valence-corrected chi connectivity index (χ2v) is 7.88. The molecule has 2 aliphatic carbocycles. The Bertz CT molecular complexity index is 585. The highest BCUT2D eigenvalue weighted by molar-refractivity contribution is 5.90. The van der Waals surface area contributed by atoms with E-state index < -0.39 is 24.1 Å². The molecule has 0 saturated heterocycles. The van der Waals surface area contributed by atoms with Crippen LogP contribution in [0.4, 0.5) is 13.2 Å². The molecule has 152 valence electrons. The smallest absolute Gasteiger partial charge is 0.377 e. The van der Waals surface area contributed by atoms with Gasteiger partial charge in [0.25, 0.3) is 0 Å². The van der Waals surface area contributed by atoms with Crippen LogP contribution in [0.25, 0.3) is 0 Å². The predicted molar refractivity (Wildman–Crippen MR) is 92.4 cm³/mol. The van der Waals surface area contributed by atoms with Gasteiger partial charge in [-0.3, -0.25) is 9.59 Å². The first-order valence-electron chi connectivity index (χ1n) is 9.80. The van der Waals surface area contributed by atoms with Crippen molar-refractivity contribution in [2.24, 2.45) is 17.8 Å². The van der Waals surface area contributed by atoms with Crippen LogP contribution in [0.3, 0.4) is 0 Å². The number of nitrogens with one attached hydrogen (secondary N) is 2. The van der Waals surface area contributed by atoms with Crippen molar-refractivity contribution in [1.29, 1.82) is 0 Å². The molecule has 0 radical (unpaired) electrons. The average Bonchev–Trinajstić information content (AvgIpc) is 3.12. The molecule has 3 aliphatic rings. The molecule has 0 spiro atoms. The molecule has 0 aromatic rings. The normalized spacial score (nSPS) is 30.0. The Balaban J connectivity index is 1.64. The number of carbonyl (C=O) groups is 2. The zero-order chi connectivity index (χ0) is 19.4. The fourth-order valence-electron chi connectivity index (χ4n) is 4.30. The Kier molecular flexibility index (Phi) is 6.44. The third kappa shape index (κ3) is 5.46. The molecule has 2 amide bonds. The van der Waals surface area contributed by atoms with E-state index in [1.807, 2.05) is 0 Å². The Morgan fingerprint density at radius 3 is 2.63 bits per heavy atom. The molecule has 0 aromatic heterocycles. The Labute approximate surface area is 157 Å². The maximum atomic E-state index is 13.2. The molecule has 3 unspecified atom stereocenters. The number of alkyl halides is 3. The average molecular weight is 388 g/mol. The molecule has 5 nitrogen and oxygen atoms in total. The summed E-state index contributed by atoms with van der Waals surface area (Å²) in [5.74, 6) is -2.27. The molecule has 1 heterocycles. The van der Waals surface area contributed by atoms with Gasteiger partial charge >= 0.3 is 6.18 Å². The number of ether oxygens (including phenoxy) is 1. The van der Waals surface area contributed by atoms with Crippen molar-refractivity contribution in [3.05, 3.63) is 11.8 Å². The maximum absolute atomic E-state index is 13.2. The lowest BCUT2D eigenvalue weighted by molar-refractivity contribution is -0.199. The van der Waals surface area contributed by atoms with Gasteiger partial charge in [0, 0.05) is 31.3 Å². The summed E-state index contributed by atoms with van der Waals surface area (Å²) in [6, 6.07) is 0. The number of amides is 2. The van der Waals surface area contributed by atoms with Gasteiger partial charge in [0.05, 0.1) is 17.9 Å². The van der Waals surface area contributed by atoms with Crippen LogP contribution in [0, 0.1) is 17.8 Å². The van der Waals surface area contributed by atoms with Crippen LogP contribution in [0.15, 0.2) is 11.8 Å². The quantitative estimate of drug-likeness (QED) is 0.761. The molecular weight excluding hydrogens is 361 g/mol. The SMILES string of the molecule is O=C1C=C(NC(=O)C2CCC(C(F)(F)F)CC2OCC2CCCC2)CCN1. The van der Waals surface area contributed by atoms with E-state index in [-0.39, 0.29) is 31.1 Å². The van der Waals surface area contributed by atoms with Gasteiger partial charge in [-0.25, -0.2) is 0 Å². The van der Waals surface area contributed by atoms with Crippen molar-refractivity contribution < 1.29 is 27.5 Å². The second kappa shape index (κ2) is 8.63. The van der Waals surface area contributed by atoms with Gasteiger partial charge < -0.3 is 15.4 Å². The van der Waals surface area contributed by atoms with Crippen LogP contribution < -0.4 is 10.6 Å². The number of carbonyl (C=O) groups excluding carboxylic acids is 2. The first-order valence-corrected chi connectivity index (χ1v) is 9.80. The topological polar surface area (TPSA) is 67.4 Å². The summed E-state index contributed by atoms with van der Waals surface area (Å²) in [7, 11) is 0. The van der Waals surface area contributed by atoms with Crippen molar-refractivity contribution in [1.82, 2.24) is 10.6 Å². The van der Waals surface area contributed by atoms with E-state index in [2.05, 4.69) is 10.6 Å². The number of hydrogen-bond acceptors (Lipinski definition) is 3. The van der Waals surface area contributed by atoms with Gasteiger partial charge in [-0.1, -0.05) is 12.8 Å². The summed E-state index contributed by atoms with van der Waals surface area (Å²) in [4.78, 5) is 24.1. The van der Waals surface area contributed by atoms with E-state index in [1.165, 1.54) is 6.08 Å². The highest BCUT2D eigenvalue weighted by Gasteiger charge is 2.47. The number of halogens is 3. The van der Waals surface area contributed by atoms with E-state index in [9.17, 15) is 22.8 Å². The van der Waals surface area contributed by atoms with Crippen LogP contribution >= 0.6 is 0 Å². The maximum Gasteiger partial charge on any atom is 0.391 e. The first kappa shape index (κ1) is 20.2. The van der Waals surface area contributed by atoms with Gasteiger partial charge in [-0.15, -0.1) is 0 Å². The van der Waals surface area contributed by atoms with E-state index in [1.54, 1.807) is 0 Å². The lowest BCUT2D eigenvalue weighted by Crippen LogP contribution is -2.46. The molecule has 3 atom stereocenters. The molecule has 27 heavy (non-hydrogen) atoms. The minimum absolute atomic E-state index is 0.0651. The van der Waals surface area contributed by atoms with Crippen molar-refractivity contribution in [3.63, 3.8) is 0 Å². The third-order valence-electron chi connectivity index (χ3n) is 5.89. The first-order chi connectivity index (χ1) is 12.8. The zero-order valence-corrected chi connectivity index (χ0v) is 15.3. The Hall–Kier alpha value is -1.57. The fourth-order valence-corrected chi connectivity index (χ4v) is 4.30. The van der Waals surface area contributed by atoms with Crippen LogP contribution in [0.5, 0.6) is 0 Å². The van der Waals surface area contributed by atoms with Crippen molar-refractivity contribution in [3.8, 4) is 0 Å². The van der Waals surface area contributed by atoms with E-state index in [4.69, 9.17) is 4.74 Å². The van der Waals surface area contributed by atoms with E-state index >= 15 is 0 Å². The van der Waals surface area contributed by atoms with Gasteiger partial charge in [0.2, 0.25) is 11.8 Å². The third-order valence-corrected chi connectivity index (χ3v) is 5.89. The van der Waals surface area contributed by atoms with Crippen LogP contribution in [0.1, 0.15) is 51.4 Å². The van der Waals surface area contributed by atoms with Gasteiger partial charge in [0.15, 0.2) is 0 Å². The molecule has 1 aliphatic heterocycles. The molecule has 2 N–H and O–H groups in total. The van der Waals surface area contributed by atoms with E-state index in [0.29, 0.717) is 31.2 Å². The summed E-state index contributed by atoms with van der Waals surface area (Å²) in [5, 5.41) is 5.36. The van der Waals surface area contributed by atoms with Gasteiger partial charge in [0.1, 0.15) is 0 Å². The summed E-state index contributed by atoms with van der Waals surface area (Å²) < 4.78 is 45.4. The zero-order valence-electron chi connectivity index (χ0n) is 15.3. The Morgan fingerprint density at radius 2 is 1.96 bits per heavy atom. The summed E-state index contributed by atoms with van der Waals surface area (Å²) >= 11 is 0. The molecule has 0 bridgehead atoms. The number of hydrogen-bond donors (Lipinski definition) is 2. The molecule has 2 fully saturated rings. The fraction of sp³-hybridized carbons (Fsp3) is 0.789. The molecule has 8 heteroatoms. The van der Waals surface area contributed by atoms with Crippen molar-refractivity contribution in [2.75, 3.05) is 13.2 Å². The highest BCUT2D eigenvalue weighted by Crippen LogP contribution is 2.41. The van der Waals surface area contributed by atoms with Gasteiger partial charge in [-0.05, 0) is 38.0 Å². The van der Waals surface area contributed by atoms with Crippen molar-refractivity contribution in [2.45, 2.75) is 63.6 Å². The predicted octanol–water partition coefficient (Wildman–Crippen LogP) is 3.06. The lowest BCUT2D eigenvalue weighted by atomic mass is 9.78. The van der Waals surface area contributed by atoms with Crippen LogP contribution in [-0.2, 0) is 14.3 Å². The lowest BCUT2D eigenvalue weighted by Gasteiger charge is -2.36.